The topological polar surface area (TPSA) is 41.8 Å². The minimum absolute atomic E-state index is 0.862. The molecule has 0 aliphatic rings. The first-order valence-corrected chi connectivity index (χ1v) is 5.73. The molecule has 0 saturated heterocycles. The van der Waals surface area contributed by atoms with Crippen LogP contribution in [0.4, 0.5) is 5.69 Å². The van der Waals surface area contributed by atoms with E-state index in [0.717, 1.165) is 17.6 Å². The highest BCUT2D eigenvalue weighted by Crippen LogP contribution is 2.25. The van der Waals surface area contributed by atoms with Gasteiger partial charge in [0.1, 0.15) is 0 Å². The maximum absolute atomic E-state index is 6.08. The maximum Gasteiger partial charge on any atom is 0.0458 e. The molecule has 17 heavy (non-hydrogen) atoms. The van der Waals surface area contributed by atoms with Crippen LogP contribution in [-0.4, -0.2) is 4.98 Å². The molecule has 0 spiro atoms. The first-order chi connectivity index (χ1) is 8.34. The summed E-state index contributed by atoms with van der Waals surface area (Å²) < 4.78 is 0. The Morgan fingerprint density at radius 2 is 1.76 bits per heavy atom. The Morgan fingerprint density at radius 1 is 0.941 bits per heavy atom. The highest BCUT2D eigenvalue weighted by Gasteiger charge is 2.06. The predicted molar refractivity (Wildman–Crippen MR) is 72.0 cm³/mol. The molecule has 2 heteroatoms. The number of hydrogen-bond donors (Lipinski definition) is 2. The van der Waals surface area contributed by atoms with Crippen molar-refractivity contribution in [2.24, 2.45) is 0 Å². The van der Waals surface area contributed by atoms with Crippen molar-refractivity contribution < 1.29 is 0 Å². The van der Waals surface area contributed by atoms with Gasteiger partial charge in [-0.1, -0.05) is 30.3 Å². The minimum atomic E-state index is 0.862. The highest BCUT2D eigenvalue weighted by molar-refractivity contribution is 5.87. The Hall–Kier alpha value is -2.22. The Kier molecular flexibility index (Phi) is 2.33. The number of anilines is 1. The average molecular weight is 222 g/mol. The number of H-pyrrole nitrogens is 1. The van der Waals surface area contributed by atoms with E-state index in [9.17, 15) is 0 Å². The van der Waals surface area contributed by atoms with Crippen LogP contribution in [0.3, 0.4) is 0 Å². The second kappa shape index (κ2) is 3.98. The average Bonchev–Trinajstić information content (AvgIpc) is 2.83. The van der Waals surface area contributed by atoms with E-state index in [4.69, 9.17) is 5.73 Å². The van der Waals surface area contributed by atoms with Crippen LogP contribution >= 0.6 is 0 Å². The quantitative estimate of drug-likeness (QED) is 0.641. The molecule has 3 N–H and O–H groups in total. The lowest BCUT2D eigenvalue weighted by molar-refractivity contribution is 1.22. The summed E-state index contributed by atoms with van der Waals surface area (Å²) in [6, 6.07) is 16.5. The first kappa shape index (κ1) is 9.97. The van der Waals surface area contributed by atoms with Crippen LogP contribution < -0.4 is 5.73 Å². The summed E-state index contributed by atoms with van der Waals surface area (Å²) in [5.41, 5.74) is 10.6. The minimum Gasteiger partial charge on any atom is -0.398 e. The molecular formula is C15H14N2. The number of nitrogen functional groups attached to an aromatic ring is 1. The van der Waals surface area contributed by atoms with Crippen LogP contribution in [0.1, 0.15) is 11.1 Å². The zero-order chi connectivity index (χ0) is 11.7. The third kappa shape index (κ3) is 1.78. The molecule has 3 aromatic rings. The lowest BCUT2D eigenvalue weighted by Crippen LogP contribution is -1.96. The van der Waals surface area contributed by atoms with E-state index in [2.05, 4.69) is 35.3 Å². The third-order valence-electron chi connectivity index (χ3n) is 3.11. The predicted octanol–water partition coefficient (Wildman–Crippen LogP) is 3.34. The second-order valence-corrected chi connectivity index (χ2v) is 4.23. The number of benzene rings is 2. The van der Waals surface area contributed by atoms with Gasteiger partial charge in [0.25, 0.3) is 0 Å². The maximum atomic E-state index is 6.08. The molecule has 0 amide bonds. The molecule has 0 radical (unpaired) electrons. The van der Waals surface area contributed by atoms with E-state index in [-0.39, 0.29) is 0 Å². The van der Waals surface area contributed by atoms with Crippen LogP contribution in [0, 0.1) is 0 Å². The van der Waals surface area contributed by atoms with Gasteiger partial charge in [-0.25, -0.2) is 0 Å². The fourth-order valence-corrected chi connectivity index (χ4v) is 2.21. The zero-order valence-corrected chi connectivity index (χ0v) is 9.48. The molecule has 1 heterocycles. The molecule has 1 aromatic heterocycles. The summed E-state index contributed by atoms with van der Waals surface area (Å²) >= 11 is 0. The molecule has 0 aliphatic heterocycles. The normalized spacial score (nSPS) is 10.8. The van der Waals surface area contributed by atoms with Crippen molar-refractivity contribution in [3.63, 3.8) is 0 Å². The van der Waals surface area contributed by atoms with Crippen molar-refractivity contribution in [2.75, 3.05) is 5.73 Å². The molecule has 0 aliphatic carbocycles. The summed E-state index contributed by atoms with van der Waals surface area (Å²) in [6.07, 6.45) is 2.83. The van der Waals surface area contributed by atoms with Crippen molar-refractivity contribution in [3.8, 4) is 0 Å². The molecule has 0 bridgehead atoms. The van der Waals surface area contributed by atoms with Gasteiger partial charge in [0, 0.05) is 29.2 Å². The number of rotatable bonds is 2. The van der Waals surface area contributed by atoms with Crippen LogP contribution in [0.15, 0.2) is 54.7 Å². The van der Waals surface area contributed by atoms with E-state index in [1.54, 1.807) is 0 Å². The lowest BCUT2D eigenvalue weighted by Gasteiger charge is -2.07. The number of aromatic nitrogens is 1. The molecule has 0 fully saturated rings. The standard InChI is InChI=1S/C15H14N2/c16-14-6-7-15-12(8-9-17-15)13(14)10-11-4-2-1-3-5-11/h1-9,17H,10,16H2. The molecule has 2 aromatic carbocycles. The van der Waals surface area contributed by atoms with Gasteiger partial charge in [-0.2, -0.15) is 0 Å². The Morgan fingerprint density at radius 3 is 2.59 bits per heavy atom. The SMILES string of the molecule is Nc1ccc2[nH]ccc2c1Cc1ccccc1. The number of nitrogens with two attached hydrogens (primary N) is 1. The molecule has 0 atom stereocenters. The molecule has 0 saturated carbocycles. The van der Waals surface area contributed by atoms with Gasteiger partial charge in [0.05, 0.1) is 0 Å². The van der Waals surface area contributed by atoms with Gasteiger partial charge in [-0.15, -0.1) is 0 Å². The fraction of sp³-hybridized carbons (Fsp3) is 0.0667. The van der Waals surface area contributed by atoms with Crippen molar-refractivity contribution in [3.05, 3.63) is 65.9 Å². The molecule has 0 unspecified atom stereocenters. The van der Waals surface area contributed by atoms with Gasteiger partial charge < -0.3 is 10.7 Å². The molecule has 3 rings (SSSR count). The molecule has 2 nitrogen and oxygen atoms in total. The van der Waals surface area contributed by atoms with E-state index >= 15 is 0 Å². The summed E-state index contributed by atoms with van der Waals surface area (Å²) in [4.78, 5) is 3.22. The van der Waals surface area contributed by atoms with Crippen LogP contribution in [0.25, 0.3) is 10.9 Å². The van der Waals surface area contributed by atoms with E-state index in [1.165, 1.54) is 16.5 Å². The number of fused-ring (bicyclic) bond motifs is 1. The van der Waals surface area contributed by atoms with Gasteiger partial charge >= 0.3 is 0 Å². The number of aromatic amines is 1. The van der Waals surface area contributed by atoms with Crippen molar-refractivity contribution >= 4 is 16.6 Å². The molecular weight excluding hydrogens is 208 g/mol. The third-order valence-corrected chi connectivity index (χ3v) is 3.11. The zero-order valence-electron chi connectivity index (χ0n) is 9.48. The van der Waals surface area contributed by atoms with Gasteiger partial charge in [-0.05, 0) is 29.3 Å². The van der Waals surface area contributed by atoms with Gasteiger partial charge in [0.2, 0.25) is 0 Å². The summed E-state index contributed by atoms with van der Waals surface area (Å²) in [7, 11) is 0. The number of nitrogens with one attached hydrogen (secondary N) is 1. The van der Waals surface area contributed by atoms with Gasteiger partial charge in [0.15, 0.2) is 0 Å². The highest BCUT2D eigenvalue weighted by atomic mass is 14.7. The van der Waals surface area contributed by atoms with E-state index in [1.807, 2.05) is 24.4 Å². The summed E-state index contributed by atoms with van der Waals surface area (Å²) in [6.45, 7) is 0. The lowest BCUT2D eigenvalue weighted by atomic mass is 10.00. The second-order valence-electron chi connectivity index (χ2n) is 4.23. The Balaban J connectivity index is 2.10. The fourth-order valence-electron chi connectivity index (χ4n) is 2.21. The first-order valence-electron chi connectivity index (χ1n) is 5.73. The van der Waals surface area contributed by atoms with Crippen molar-refractivity contribution in [1.29, 1.82) is 0 Å². The van der Waals surface area contributed by atoms with Crippen molar-refractivity contribution in [2.45, 2.75) is 6.42 Å². The monoisotopic (exact) mass is 222 g/mol. The Labute approximate surface area is 100 Å². The largest absolute Gasteiger partial charge is 0.398 e. The summed E-state index contributed by atoms with van der Waals surface area (Å²) in [5.74, 6) is 0. The molecule has 84 valence electrons. The summed E-state index contributed by atoms with van der Waals surface area (Å²) in [5, 5.41) is 1.22. The Bertz CT molecular complexity index is 638. The smallest absolute Gasteiger partial charge is 0.0458 e. The van der Waals surface area contributed by atoms with Gasteiger partial charge in [-0.3, -0.25) is 0 Å². The van der Waals surface area contributed by atoms with Crippen LogP contribution in [-0.2, 0) is 6.42 Å². The van der Waals surface area contributed by atoms with E-state index in [0.29, 0.717) is 0 Å². The van der Waals surface area contributed by atoms with Crippen LogP contribution in [0.2, 0.25) is 0 Å². The number of hydrogen-bond acceptors (Lipinski definition) is 1. The van der Waals surface area contributed by atoms with Crippen LogP contribution in [0.5, 0.6) is 0 Å². The van der Waals surface area contributed by atoms with Crippen molar-refractivity contribution in [1.82, 2.24) is 4.98 Å². The van der Waals surface area contributed by atoms with E-state index < -0.39 is 0 Å².